The Labute approximate surface area is 121 Å². The molecule has 0 spiro atoms. The predicted molar refractivity (Wildman–Crippen MR) is 79.5 cm³/mol. The molecule has 0 saturated carbocycles. The minimum atomic E-state index is -0.908. The van der Waals surface area contributed by atoms with Crippen LogP contribution in [0.15, 0.2) is 41.8 Å². The number of hydrogen-bond donors (Lipinski definition) is 1. The van der Waals surface area contributed by atoms with Crippen LogP contribution in [0.5, 0.6) is 0 Å². The number of carboxylic acids is 1. The van der Waals surface area contributed by atoms with Gasteiger partial charge in [-0.25, -0.2) is 4.79 Å². The number of hydrogen-bond acceptors (Lipinski definition) is 3. The number of benzene rings is 1. The van der Waals surface area contributed by atoms with Crippen LogP contribution in [0.4, 0.5) is 0 Å². The third kappa shape index (κ3) is 2.40. The van der Waals surface area contributed by atoms with E-state index in [-0.39, 0.29) is 0 Å². The molecule has 1 N–H and O–H groups in total. The van der Waals surface area contributed by atoms with Gasteiger partial charge in [-0.2, -0.15) is 0 Å². The Bertz CT molecular complexity index is 643. The Kier molecular flexibility index (Phi) is 3.20. The van der Waals surface area contributed by atoms with Gasteiger partial charge >= 0.3 is 5.97 Å². The average molecular weight is 286 g/mol. The molecular weight excluding hydrogens is 272 g/mol. The zero-order valence-corrected chi connectivity index (χ0v) is 11.8. The Hall–Kier alpha value is -1.91. The monoisotopic (exact) mass is 286 g/mol. The Balaban J connectivity index is 1.74. The molecule has 2 aromatic rings. The van der Waals surface area contributed by atoms with Crippen molar-refractivity contribution in [3.63, 3.8) is 0 Å². The molecule has 1 saturated heterocycles. The third-order valence-electron chi connectivity index (χ3n) is 3.50. The van der Waals surface area contributed by atoms with Crippen LogP contribution in [-0.2, 0) is 15.1 Å². The van der Waals surface area contributed by atoms with Gasteiger partial charge in [0.1, 0.15) is 5.60 Å². The molecule has 2 atom stereocenters. The van der Waals surface area contributed by atoms with Gasteiger partial charge in [0.25, 0.3) is 0 Å². The maximum absolute atomic E-state index is 10.9. The lowest BCUT2D eigenvalue weighted by Gasteiger charge is -2.06. The summed E-state index contributed by atoms with van der Waals surface area (Å²) in [5, 5.41) is 11.0. The van der Waals surface area contributed by atoms with Crippen molar-refractivity contribution in [1.29, 1.82) is 0 Å². The van der Waals surface area contributed by atoms with E-state index < -0.39 is 17.7 Å². The molecule has 4 heteroatoms. The van der Waals surface area contributed by atoms with Crippen molar-refractivity contribution < 1.29 is 14.6 Å². The highest BCUT2D eigenvalue weighted by atomic mass is 32.1. The van der Waals surface area contributed by atoms with Crippen LogP contribution in [-0.4, -0.2) is 17.2 Å². The van der Waals surface area contributed by atoms with Gasteiger partial charge in [0.2, 0.25) is 0 Å². The molecule has 102 valence electrons. The van der Waals surface area contributed by atoms with E-state index in [0.717, 1.165) is 11.1 Å². The molecule has 3 rings (SSSR count). The first-order valence-electron chi connectivity index (χ1n) is 6.32. The van der Waals surface area contributed by atoms with Crippen LogP contribution < -0.4 is 0 Å². The van der Waals surface area contributed by atoms with E-state index in [2.05, 4.69) is 12.1 Å². The van der Waals surface area contributed by atoms with Gasteiger partial charge in [0.05, 0.1) is 0 Å². The minimum Gasteiger partial charge on any atom is -0.479 e. The summed E-state index contributed by atoms with van der Waals surface area (Å²) in [5.41, 5.74) is 1.30. The van der Waals surface area contributed by atoms with Crippen LogP contribution in [0.1, 0.15) is 22.9 Å². The van der Waals surface area contributed by atoms with Crippen LogP contribution in [0.3, 0.4) is 0 Å². The SMILES string of the molecule is CC1(c2ccc(C=Cc3cccs3)cc2)OC1C(=O)O. The number of ether oxygens (including phenoxy) is 1. The molecule has 0 bridgehead atoms. The quantitative estimate of drug-likeness (QED) is 0.873. The number of thiophene rings is 1. The third-order valence-corrected chi connectivity index (χ3v) is 4.33. The van der Waals surface area contributed by atoms with Crippen molar-refractivity contribution in [1.82, 2.24) is 0 Å². The van der Waals surface area contributed by atoms with E-state index in [1.165, 1.54) is 4.88 Å². The number of aliphatic carboxylic acids is 1. The minimum absolute atomic E-state index is 0.679. The summed E-state index contributed by atoms with van der Waals surface area (Å²) in [7, 11) is 0. The highest BCUT2D eigenvalue weighted by Crippen LogP contribution is 2.45. The Morgan fingerprint density at radius 2 is 2.05 bits per heavy atom. The molecule has 1 aliphatic rings. The average Bonchev–Trinajstić information content (AvgIpc) is 2.90. The Morgan fingerprint density at radius 3 is 2.60 bits per heavy atom. The molecule has 3 nitrogen and oxygen atoms in total. The molecule has 2 unspecified atom stereocenters. The van der Waals surface area contributed by atoms with E-state index in [1.54, 1.807) is 11.3 Å². The molecule has 0 aliphatic carbocycles. The molecule has 1 aromatic heterocycles. The van der Waals surface area contributed by atoms with Crippen molar-refractivity contribution >= 4 is 29.5 Å². The highest BCUT2D eigenvalue weighted by Gasteiger charge is 2.58. The zero-order chi connectivity index (χ0) is 14.2. The molecule has 20 heavy (non-hydrogen) atoms. The van der Waals surface area contributed by atoms with Gasteiger partial charge in [0, 0.05) is 4.88 Å². The summed E-state index contributed by atoms with van der Waals surface area (Å²) >= 11 is 1.69. The van der Waals surface area contributed by atoms with Gasteiger partial charge in [-0.05, 0) is 35.6 Å². The molecule has 1 aliphatic heterocycles. The topological polar surface area (TPSA) is 49.8 Å². The second-order valence-electron chi connectivity index (χ2n) is 4.91. The maximum atomic E-state index is 10.9. The summed E-state index contributed by atoms with van der Waals surface area (Å²) in [4.78, 5) is 12.1. The smallest absolute Gasteiger partial charge is 0.336 e. The number of carboxylic acid groups (broad SMARTS) is 1. The largest absolute Gasteiger partial charge is 0.479 e. The fourth-order valence-electron chi connectivity index (χ4n) is 2.21. The molecule has 1 fully saturated rings. The number of rotatable bonds is 4. The zero-order valence-electron chi connectivity index (χ0n) is 10.9. The second-order valence-corrected chi connectivity index (χ2v) is 5.89. The first-order valence-corrected chi connectivity index (χ1v) is 7.20. The van der Waals surface area contributed by atoms with Crippen LogP contribution in [0, 0.1) is 0 Å². The summed E-state index contributed by atoms with van der Waals surface area (Å²) in [5.74, 6) is -0.908. The summed E-state index contributed by atoms with van der Waals surface area (Å²) in [6, 6.07) is 11.9. The van der Waals surface area contributed by atoms with Crippen molar-refractivity contribution in [2.45, 2.75) is 18.6 Å². The lowest BCUT2D eigenvalue weighted by Crippen LogP contribution is -2.15. The van der Waals surface area contributed by atoms with Crippen molar-refractivity contribution in [3.8, 4) is 0 Å². The summed E-state index contributed by atoms with van der Waals surface area (Å²) in [6.45, 7) is 1.81. The number of epoxide rings is 1. The van der Waals surface area contributed by atoms with E-state index in [9.17, 15) is 4.79 Å². The predicted octanol–water partition coefficient (Wildman–Crippen LogP) is 3.62. The van der Waals surface area contributed by atoms with E-state index in [0.29, 0.717) is 0 Å². The second kappa shape index (κ2) is 4.89. The molecular formula is C16H14O3S. The molecule has 1 aromatic carbocycles. The molecule has 2 heterocycles. The van der Waals surface area contributed by atoms with E-state index in [4.69, 9.17) is 9.84 Å². The standard InChI is InChI=1S/C16H14O3S/c1-16(14(19-16)15(17)18)12-7-4-11(5-8-12)6-9-13-3-2-10-20-13/h2-10,14H,1H3,(H,17,18). The fourth-order valence-corrected chi connectivity index (χ4v) is 2.82. The highest BCUT2D eigenvalue weighted by molar-refractivity contribution is 7.10. The molecule has 0 radical (unpaired) electrons. The van der Waals surface area contributed by atoms with Gasteiger partial charge in [0.15, 0.2) is 6.10 Å². The van der Waals surface area contributed by atoms with Gasteiger partial charge in [-0.3, -0.25) is 0 Å². The van der Waals surface area contributed by atoms with Gasteiger partial charge < -0.3 is 9.84 Å². The van der Waals surface area contributed by atoms with Gasteiger partial charge in [-0.1, -0.05) is 36.4 Å². The van der Waals surface area contributed by atoms with Crippen LogP contribution in [0.2, 0.25) is 0 Å². The number of carbonyl (C=O) groups is 1. The normalized spacial score (nSPS) is 24.9. The first-order chi connectivity index (χ1) is 9.59. The van der Waals surface area contributed by atoms with Crippen LogP contribution in [0.25, 0.3) is 12.2 Å². The van der Waals surface area contributed by atoms with E-state index >= 15 is 0 Å². The molecule has 0 amide bonds. The maximum Gasteiger partial charge on any atom is 0.336 e. The van der Waals surface area contributed by atoms with E-state index in [1.807, 2.05) is 48.7 Å². The van der Waals surface area contributed by atoms with Gasteiger partial charge in [-0.15, -0.1) is 11.3 Å². The van der Waals surface area contributed by atoms with Crippen molar-refractivity contribution in [2.24, 2.45) is 0 Å². The summed E-state index contributed by atoms with van der Waals surface area (Å²) in [6.07, 6.45) is 3.38. The lowest BCUT2D eigenvalue weighted by atomic mass is 9.96. The first kappa shape index (κ1) is 13.1. The van der Waals surface area contributed by atoms with Crippen molar-refractivity contribution in [3.05, 3.63) is 57.8 Å². The Morgan fingerprint density at radius 1 is 1.30 bits per heavy atom. The van der Waals surface area contributed by atoms with Crippen molar-refractivity contribution in [2.75, 3.05) is 0 Å². The van der Waals surface area contributed by atoms with Crippen LogP contribution >= 0.6 is 11.3 Å². The summed E-state index contributed by atoms with van der Waals surface area (Å²) < 4.78 is 5.29. The fraction of sp³-hybridized carbons (Fsp3) is 0.188. The lowest BCUT2D eigenvalue weighted by molar-refractivity contribution is -0.138.